The van der Waals surface area contributed by atoms with Crippen molar-refractivity contribution in [2.24, 2.45) is 0 Å². The summed E-state index contributed by atoms with van der Waals surface area (Å²) in [4.78, 5) is 1.09. The lowest BCUT2D eigenvalue weighted by Crippen LogP contribution is -2.07. The summed E-state index contributed by atoms with van der Waals surface area (Å²) < 4.78 is 7.45. The van der Waals surface area contributed by atoms with Crippen molar-refractivity contribution in [3.63, 3.8) is 0 Å². The van der Waals surface area contributed by atoms with Crippen molar-refractivity contribution in [3.8, 4) is 5.75 Å². The Morgan fingerprint density at radius 2 is 2.05 bits per heavy atom. The molecule has 0 amide bonds. The molecule has 4 nitrogen and oxygen atoms in total. The number of nitrogen functional groups attached to an aromatic ring is 1. The Kier molecular flexibility index (Phi) is 5.56. The van der Waals surface area contributed by atoms with Crippen LogP contribution >= 0.6 is 11.8 Å². The highest BCUT2D eigenvalue weighted by Gasteiger charge is 2.09. The standard InChI is InChI=1S/C16H23N3OS/c1-4-14(5-2)19-9-8-13(18-19)11-21-16-7-6-12(17)10-15(16)20-3/h6-10,14H,4-5,11,17H2,1-3H3. The monoisotopic (exact) mass is 305 g/mol. The highest BCUT2D eigenvalue weighted by molar-refractivity contribution is 7.98. The summed E-state index contributed by atoms with van der Waals surface area (Å²) in [5.41, 5.74) is 7.58. The van der Waals surface area contributed by atoms with Gasteiger partial charge >= 0.3 is 0 Å². The average molecular weight is 305 g/mol. The van der Waals surface area contributed by atoms with Crippen molar-refractivity contribution in [2.75, 3.05) is 12.8 Å². The van der Waals surface area contributed by atoms with Crippen LogP contribution in [0.2, 0.25) is 0 Å². The lowest BCUT2D eigenvalue weighted by Gasteiger charge is -2.12. The van der Waals surface area contributed by atoms with E-state index in [4.69, 9.17) is 10.5 Å². The van der Waals surface area contributed by atoms with Crippen LogP contribution in [0, 0.1) is 0 Å². The van der Waals surface area contributed by atoms with Gasteiger partial charge in [0, 0.05) is 28.6 Å². The summed E-state index contributed by atoms with van der Waals surface area (Å²) in [5, 5.41) is 4.67. The van der Waals surface area contributed by atoms with Gasteiger partial charge in [0.25, 0.3) is 0 Å². The Balaban J connectivity index is 2.03. The fourth-order valence-corrected chi connectivity index (χ4v) is 3.18. The van der Waals surface area contributed by atoms with Gasteiger partial charge in [-0.25, -0.2) is 0 Å². The van der Waals surface area contributed by atoms with Crippen LogP contribution in [0.5, 0.6) is 5.75 Å². The molecule has 5 heteroatoms. The molecule has 0 spiro atoms. The second-order valence-corrected chi connectivity index (χ2v) is 5.97. The van der Waals surface area contributed by atoms with Gasteiger partial charge in [0.05, 0.1) is 18.8 Å². The lowest BCUT2D eigenvalue weighted by atomic mass is 10.2. The maximum Gasteiger partial charge on any atom is 0.134 e. The number of methoxy groups -OCH3 is 1. The van der Waals surface area contributed by atoms with Gasteiger partial charge in [0.15, 0.2) is 0 Å². The second-order valence-electron chi connectivity index (χ2n) is 4.96. The maximum atomic E-state index is 5.77. The van der Waals surface area contributed by atoms with E-state index in [0.717, 1.165) is 34.9 Å². The summed E-state index contributed by atoms with van der Waals surface area (Å²) in [5.74, 6) is 1.65. The first-order valence-corrected chi connectivity index (χ1v) is 8.26. The molecule has 114 valence electrons. The summed E-state index contributed by atoms with van der Waals surface area (Å²) in [6.45, 7) is 4.40. The van der Waals surface area contributed by atoms with Crippen LogP contribution in [-0.2, 0) is 5.75 Å². The molecule has 0 fully saturated rings. The quantitative estimate of drug-likeness (QED) is 0.617. The summed E-state index contributed by atoms with van der Waals surface area (Å²) in [6.07, 6.45) is 4.29. The van der Waals surface area contributed by atoms with Crippen molar-refractivity contribution in [1.82, 2.24) is 9.78 Å². The Labute approximate surface area is 130 Å². The Morgan fingerprint density at radius 1 is 1.29 bits per heavy atom. The molecule has 1 aromatic heterocycles. The van der Waals surface area contributed by atoms with E-state index in [9.17, 15) is 0 Å². The maximum absolute atomic E-state index is 5.77. The summed E-state index contributed by atoms with van der Waals surface area (Å²) in [6, 6.07) is 8.33. The minimum atomic E-state index is 0.495. The minimum Gasteiger partial charge on any atom is -0.496 e. The molecule has 2 aromatic rings. The van der Waals surface area contributed by atoms with Crippen LogP contribution in [0.15, 0.2) is 35.4 Å². The molecule has 0 aliphatic heterocycles. The molecular weight excluding hydrogens is 282 g/mol. The van der Waals surface area contributed by atoms with E-state index in [1.54, 1.807) is 18.9 Å². The van der Waals surface area contributed by atoms with E-state index < -0.39 is 0 Å². The molecule has 0 saturated carbocycles. The molecule has 0 radical (unpaired) electrons. The Bertz CT molecular complexity index is 579. The molecule has 0 bridgehead atoms. The number of benzene rings is 1. The Hall–Kier alpha value is -1.62. The number of ether oxygens (including phenoxy) is 1. The van der Waals surface area contributed by atoms with Gasteiger partial charge < -0.3 is 10.5 Å². The van der Waals surface area contributed by atoms with E-state index in [1.807, 2.05) is 18.2 Å². The third-order valence-electron chi connectivity index (χ3n) is 3.54. The van der Waals surface area contributed by atoms with Crippen LogP contribution in [0.25, 0.3) is 0 Å². The van der Waals surface area contributed by atoms with E-state index in [-0.39, 0.29) is 0 Å². The largest absolute Gasteiger partial charge is 0.496 e. The molecule has 0 atom stereocenters. The highest BCUT2D eigenvalue weighted by Crippen LogP contribution is 2.32. The topological polar surface area (TPSA) is 53.1 Å². The van der Waals surface area contributed by atoms with Gasteiger partial charge in [-0.3, -0.25) is 4.68 Å². The van der Waals surface area contributed by atoms with Crippen molar-refractivity contribution in [2.45, 2.75) is 43.4 Å². The number of nitrogens with two attached hydrogens (primary N) is 1. The smallest absolute Gasteiger partial charge is 0.134 e. The van der Waals surface area contributed by atoms with E-state index in [0.29, 0.717) is 11.7 Å². The zero-order valence-electron chi connectivity index (χ0n) is 12.9. The normalized spacial score (nSPS) is 11.0. The van der Waals surface area contributed by atoms with Crippen molar-refractivity contribution in [1.29, 1.82) is 0 Å². The van der Waals surface area contributed by atoms with E-state index in [2.05, 4.69) is 35.9 Å². The molecule has 1 aromatic carbocycles. The number of nitrogens with zero attached hydrogens (tertiary/aromatic N) is 2. The SMILES string of the molecule is CCC(CC)n1ccc(CSc2ccc(N)cc2OC)n1. The van der Waals surface area contributed by atoms with Crippen molar-refractivity contribution >= 4 is 17.4 Å². The molecule has 2 N–H and O–H groups in total. The second kappa shape index (κ2) is 7.41. The zero-order valence-corrected chi connectivity index (χ0v) is 13.7. The lowest BCUT2D eigenvalue weighted by molar-refractivity contribution is 0.405. The predicted molar refractivity (Wildman–Crippen MR) is 88.8 cm³/mol. The number of rotatable bonds is 7. The average Bonchev–Trinajstić information content (AvgIpc) is 2.96. The first kappa shape index (κ1) is 15.8. The molecule has 0 unspecified atom stereocenters. The zero-order chi connectivity index (χ0) is 15.2. The van der Waals surface area contributed by atoms with Gasteiger partial charge in [0.1, 0.15) is 5.75 Å². The first-order chi connectivity index (χ1) is 10.2. The van der Waals surface area contributed by atoms with Crippen LogP contribution in [0.1, 0.15) is 38.4 Å². The van der Waals surface area contributed by atoms with Crippen LogP contribution < -0.4 is 10.5 Å². The van der Waals surface area contributed by atoms with Crippen molar-refractivity contribution < 1.29 is 4.74 Å². The summed E-state index contributed by atoms with van der Waals surface area (Å²) >= 11 is 1.72. The van der Waals surface area contributed by atoms with E-state index in [1.165, 1.54) is 0 Å². The number of anilines is 1. The number of aromatic nitrogens is 2. The molecule has 2 rings (SSSR count). The fourth-order valence-electron chi connectivity index (χ4n) is 2.28. The molecule has 1 heterocycles. The van der Waals surface area contributed by atoms with Gasteiger partial charge in [-0.1, -0.05) is 13.8 Å². The number of hydrogen-bond acceptors (Lipinski definition) is 4. The number of hydrogen-bond donors (Lipinski definition) is 1. The van der Waals surface area contributed by atoms with Gasteiger partial charge in [-0.05, 0) is 31.0 Å². The van der Waals surface area contributed by atoms with Crippen LogP contribution in [-0.4, -0.2) is 16.9 Å². The van der Waals surface area contributed by atoms with Crippen molar-refractivity contribution in [3.05, 3.63) is 36.2 Å². The van der Waals surface area contributed by atoms with Gasteiger partial charge in [-0.2, -0.15) is 5.10 Å². The summed E-state index contributed by atoms with van der Waals surface area (Å²) in [7, 11) is 1.67. The fraction of sp³-hybridized carbons (Fsp3) is 0.438. The van der Waals surface area contributed by atoms with Gasteiger partial charge in [-0.15, -0.1) is 11.8 Å². The van der Waals surface area contributed by atoms with Crippen LogP contribution in [0.3, 0.4) is 0 Å². The molecular formula is C16H23N3OS. The third kappa shape index (κ3) is 3.94. The third-order valence-corrected chi connectivity index (χ3v) is 4.63. The minimum absolute atomic E-state index is 0.495. The highest BCUT2D eigenvalue weighted by atomic mass is 32.2. The molecule has 0 aliphatic rings. The molecule has 0 aliphatic carbocycles. The molecule has 0 saturated heterocycles. The number of thioether (sulfide) groups is 1. The van der Waals surface area contributed by atoms with Gasteiger partial charge in [0.2, 0.25) is 0 Å². The first-order valence-electron chi connectivity index (χ1n) is 7.28. The molecule has 21 heavy (non-hydrogen) atoms. The Morgan fingerprint density at radius 3 is 2.71 bits per heavy atom. The van der Waals surface area contributed by atoms with E-state index >= 15 is 0 Å². The predicted octanol–water partition coefficient (Wildman–Crippen LogP) is 4.13. The van der Waals surface area contributed by atoms with Crippen LogP contribution in [0.4, 0.5) is 5.69 Å².